The summed E-state index contributed by atoms with van der Waals surface area (Å²) in [6, 6.07) is 0.456. The maximum Gasteiger partial charge on any atom is 0.414 e. The summed E-state index contributed by atoms with van der Waals surface area (Å²) in [4.78, 5) is 0. The predicted molar refractivity (Wildman–Crippen MR) is 62.4 cm³/mol. The molecule has 1 aliphatic rings. The predicted octanol–water partition coefficient (Wildman–Crippen LogP) is 2.24. The van der Waals surface area contributed by atoms with E-state index in [4.69, 9.17) is 4.74 Å². The standard InChI is InChI=1S/C12H22F3NO2/c1-9(12(13,14)15)18-7-3-6-11(2,8-17)16-10-4-5-10/h9-10,16-17H,3-8H2,1-2H3. The zero-order valence-electron chi connectivity index (χ0n) is 10.9. The van der Waals surface area contributed by atoms with Crippen LogP contribution < -0.4 is 5.32 Å². The van der Waals surface area contributed by atoms with E-state index < -0.39 is 17.8 Å². The van der Waals surface area contributed by atoms with Gasteiger partial charge in [0.05, 0.1) is 6.61 Å². The highest BCUT2D eigenvalue weighted by atomic mass is 19.4. The smallest absolute Gasteiger partial charge is 0.394 e. The Labute approximate surface area is 106 Å². The molecule has 0 amide bonds. The van der Waals surface area contributed by atoms with Crippen molar-refractivity contribution in [1.29, 1.82) is 0 Å². The second-order valence-electron chi connectivity index (χ2n) is 5.30. The quantitative estimate of drug-likeness (QED) is 0.664. The van der Waals surface area contributed by atoms with Crippen LogP contribution in [0.5, 0.6) is 0 Å². The molecule has 2 atom stereocenters. The summed E-state index contributed by atoms with van der Waals surface area (Å²) in [5.41, 5.74) is -0.411. The van der Waals surface area contributed by atoms with Crippen molar-refractivity contribution in [3.63, 3.8) is 0 Å². The molecule has 6 heteroatoms. The molecule has 0 aromatic rings. The second kappa shape index (κ2) is 6.21. The molecule has 1 aliphatic carbocycles. The molecule has 2 N–H and O–H groups in total. The highest BCUT2D eigenvalue weighted by molar-refractivity contribution is 4.92. The number of rotatable bonds is 8. The van der Waals surface area contributed by atoms with E-state index in [1.165, 1.54) is 0 Å². The van der Waals surface area contributed by atoms with E-state index in [2.05, 4.69) is 5.32 Å². The summed E-state index contributed by atoms with van der Waals surface area (Å²) in [7, 11) is 0. The molecule has 1 fully saturated rings. The molecule has 1 rings (SSSR count). The summed E-state index contributed by atoms with van der Waals surface area (Å²) in [6.07, 6.45) is -2.71. The van der Waals surface area contributed by atoms with Crippen LogP contribution in [0.1, 0.15) is 39.5 Å². The molecular weight excluding hydrogens is 247 g/mol. The van der Waals surface area contributed by atoms with Crippen LogP contribution in [-0.4, -0.2) is 42.2 Å². The fourth-order valence-corrected chi connectivity index (χ4v) is 1.73. The van der Waals surface area contributed by atoms with Crippen molar-refractivity contribution in [2.24, 2.45) is 0 Å². The van der Waals surface area contributed by atoms with E-state index in [1.807, 2.05) is 6.92 Å². The van der Waals surface area contributed by atoms with Crippen LogP contribution in [0.4, 0.5) is 13.2 Å². The molecule has 0 radical (unpaired) electrons. The zero-order chi connectivity index (χ0) is 13.8. The van der Waals surface area contributed by atoms with Crippen LogP contribution in [-0.2, 0) is 4.74 Å². The van der Waals surface area contributed by atoms with E-state index in [0.717, 1.165) is 19.8 Å². The minimum Gasteiger partial charge on any atom is -0.394 e. The number of hydrogen-bond donors (Lipinski definition) is 2. The highest BCUT2D eigenvalue weighted by Crippen LogP contribution is 2.25. The number of halogens is 3. The van der Waals surface area contributed by atoms with Crippen LogP contribution in [0.3, 0.4) is 0 Å². The molecule has 18 heavy (non-hydrogen) atoms. The van der Waals surface area contributed by atoms with Crippen molar-refractivity contribution < 1.29 is 23.0 Å². The van der Waals surface area contributed by atoms with E-state index in [9.17, 15) is 18.3 Å². The molecule has 0 bridgehead atoms. The zero-order valence-corrected chi connectivity index (χ0v) is 10.9. The first-order chi connectivity index (χ1) is 8.27. The van der Waals surface area contributed by atoms with Crippen molar-refractivity contribution in [2.75, 3.05) is 13.2 Å². The van der Waals surface area contributed by atoms with Crippen LogP contribution in [0.2, 0.25) is 0 Å². The maximum atomic E-state index is 12.2. The minimum atomic E-state index is -4.30. The van der Waals surface area contributed by atoms with Gasteiger partial charge in [-0.15, -0.1) is 0 Å². The van der Waals surface area contributed by atoms with Crippen molar-refractivity contribution >= 4 is 0 Å². The molecule has 108 valence electrons. The lowest BCUT2D eigenvalue weighted by atomic mass is 9.97. The van der Waals surface area contributed by atoms with Crippen molar-refractivity contribution in [1.82, 2.24) is 5.32 Å². The van der Waals surface area contributed by atoms with E-state index in [1.54, 1.807) is 0 Å². The molecule has 0 aromatic carbocycles. The highest BCUT2D eigenvalue weighted by Gasteiger charge is 2.37. The number of aliphatic hydroxyl groups is 1. The van der Waals surface area contributed by atoms with Gasteiger partial charge in [0, 0.05) is 18.2 Å². The Morgan fingerprint density at radius 2 is 2.00 bits per heavy atom. The number of nitrogens with one attached hydrogen (secondary N) is 1. The van der Waals surface area contributed by atoms with Crippen LogP contribution in [0.25, 0.3) is 0 Å². The fraction of sp³-hybridized carbons (Fsp3) is 1.00. The fourth-order valence-electron chi connectivity index (χ4n) is 1.73. The summed E-state index contributed by atoms with van der Waals surface area (Å²) < 4.78 is 41.3. The van der Waals surface area contributed by atoms with E-state index >= 15 is 0 Å². The molecule has 3 nitrogen and oxygen atoms in total. The van der Waals surface area contributed by atoms with Gasteiger partial charge >= 0.3 is 6.18 Å². The van der Waals surface area contributed by atoms with Crippen molar-refractivity contribution in [3.8, 4) is 0 Å². The second-order valence-corrected chi connectivity index (χ2v) is 5.30. The first kappa shape index (κ1) is 15.7. The van der Waals surface area contributed by atoms with Gasteiger partial charge in [-0.25, -0.2) is 0 Å². The van der Waals surface area contributed by atoms with E-state index in [0.29, 0.717) is 18.9 Å². The average Bonchev–Trinajstić information content (AvgIpc) is 3.06. The molecular formula is C12H22F3NO2. The average molecular weight is 269 g/mol. The third-order valence-corrected chi connectivity index (χ3v) is 3.18. The van der Waals surface area contributed by atoms with Crippen molar-refractivity contribution in [2.45, 2.75) is 63.4 Å². The van der Waals surface area contributed by atoms with Gasteiger partial charge in [-0.05, 0) is 39.5 Å². The first-order valence-electron chi connectivity index (χ1n) is 6.34. The van der Waals surface area contributed by atoms with Gasteiger partial charge in [-0.3, -0.25) is 0 Å². The Balaban J connectivity index is 2.18. The SMILES string of the molecule is CC(OCCCC(C)(CO)NC1CC1)C(F)(F)F. The summed E-state index contributed by atoms with van der Waals surface area (Å²) in [6.45, 7) is 2.94. The lowest BCUT2D eigenvalue weighted by Gasteiger charge is -2.29. The van der Waals surface area contributed by atoms with Crippen LogP contribution in [0.15, 0.2) is 0 Å². The molecule has 0 aromatic heterocycles. The Kier molecular flexibility index (Phi) is 5.43. The number of hydrogen-bond acceptors (Lipinski definition) is 3. The number of aliphatic hydroxyl groups excluding tert-OH is 1. The Bertz CT molecular complexity index is 256. The summed E-state index contributed by atoms with van der Waals surface area (Å²) in [5.74, 6) is 0. The lowest BCUT2D eigenvalue weighted by Crippen LogP contribution is -2.47. The molecule has 2 unspecified atom stereocenters. The first-order valence-corrected chi connectivity index (χ1v) is 6.34. The molecule has 0 aliphatic heterocycles. The number of alkyl halides is 3. The lowest BCUT2D eigenvalue weighted by molar-refractivity contribution is -0.214. The molecule has 0 heterocycles. The minimum absolute atomic E-state index is 0.0156. The third kappa shape index (κ3) is 5.54. The maximum absolute atomic E-state index is 12.2. The van der Waals surface area contributed by atoms with Gasteiger partial charge in [0.2, 0.25) is 0 Å². The van der Waals surface area contributed by atoms with Gasteiger partial charge in [0.1, 0.15) is 0 Å². The van der Waals surface area contributed by atoms with Gasteiger partial charge in [0.25, 0.3) is 0 Å². The Morgan fingerprint density at radius 3 is 2.44 bits per heavy atom. The van der Waals surface area contributed by atoms with E-state index in [-0.39, 0.29) is 13.2 Å². The van der Waals surface area contributed by atoms with Crippen LogP contribution in [0, 0.1) is 0 Å². The Morgan fingerprint density at radius 1 is 1.39 bits per heavy atom. The topological polar surface area (TPSA) is 41.5 Å². The monoisotopic (exact) mass is 269 g/mol. The molecule has 1 saturated carbocycles. The van der Waals surface area contributed by atoms with Crippen molar-refractivity contribution in [3.05, 3.63) is 0 Å². The van der Waals surface area contributed by atoms with Crippen LogP contribution >= 0.6 is 0 Å². The largest absolute Gasteiger partial charge is 0.414 e. The van der Waals surface area contributed by atoms with Gasteiger partial charge < -0.3 is 15.2 Å². The van der Waals surface area contributed by atoms with Gasteiger partial charge in [-0.1, -0.05) is 0 Å². The Hall–Kier alpha value is -0.330. The molecule has 0 saturated heterocycles. The third-order valence-electron chi connectivity index (χ3n) is 3.18. The summed E-state index contributed by atoms with van der Waals surface area (Å²) in [5, 5.41) is 12.6. The summed E-state index contributed by atoms with van der Waals surface area (Å²) >= 11 is 0. The normalized spacial score (nSPS) is 21.7. The number of ether oxygens (including phenoxy) is 1. The van der Waals surface area contributed by atoms with Gasteiger partial charge in [-0.2, -0.15) is 13.2 Å². The van der Waals surface area contributed by atoms with Gasteiger partial charge in [0.15, 0.2) is 6.10 Å². The molecule has 0 spiro atoms.